The van der Waals surface area contributed by atoms with Crippen molar-refractivity contribution >= 4 is 21.1 Å². The molecule has 0 amide bonds. The molecule has 100 valence electrons. The van der Waals surface area contributed by atoms with Crippen LogP contribution in [-0.4, -0.2) is 10.6 Å². The molecule has 1 aromatic rings. The third-order valence-electron chi connectivity index (χ3n) is 1.66. The van der Waals surface area contributed by atoms with Crippen molar-refractivity contribution in [2.24, 2.45) is 0 Å². The van der Waals surface area contributed by atoms with Crippen LogP contribution in [0.2, 0.25) is 0 Å². The fourth-order valence-corrected chi connectivity index (χ4v) is 2.30. The molecule has 0 saturated heterocycles. The number of aryl methyl sites for hydroxylation is 1. The van der Waals surface area contributed by atoms with Crippen LogP contribution in [0.5, 0.6) is 5.75 Å². The fraction of sp³-hybridized carbons (Fsp3) is 0.125. The Labute approximate surface area is 159 Å². The van der Waals surface area contributed by atoms with Gasteiger partial charge in [-0.05, 0) is 19.1 Å². The van der Waals surface area contributed by atoms with Crippen LogP contribution in [-0.2, 0) is 13.7 Å². The van der Waals surface area contributed by atoms with Crippen LogP contribution < -0.4 is 73.4 Å². The van der Waals surface area contributed by atoms with E-state index < -0.39 is 21.1 Å². The van der Waals surface area contributed by atoms with Gasteiger partial charge in [0, 0.05) is 0 Å². The van der Waals surface area contributed by atoms with Crippen molar-refractivity contribution in [1.82, 2.24) is 0 Å². The maximum absolute atomic E-state index is 11.2. The molecule has 0 aliphatic heterocycles. The van der Waals surface area contributed by atoms with Gasteiger partial charge in [-0.3, -0.25) is 9.13 Å². The third-order valence-corrected chi connectivity index (χ3v) is 3.19. The van der Waals surface area contributed by atoms with Crippen molar-refractivity contribution in [2.75, 3.05) is 0 Å². The Kier molecular flexibility index (Phi) is 10.5. The molecule has 1 rings (SSSR count). The second-order valence-electron chi connectivity index (χ2n) is 3.23. The zero-order chi connectivity index (χ0) is 14.0. The summed E-state index contributed by atoms with van der Waals surface area (Å²) < 4.78 is 29.1. The molecule has 8 nitrogen and oxygen atoms in total. The molecule has 0 spiro atoms. The van der Waals surface area contributed by atoms with Crippen LogP contribution in [0, 0.1) is 6.92 Å². The summed E-state index contributed by atoms with van der Waals surface area (Å²) in [5.41, 5.74) is -1.37. The number of phosphoric ester groups is 1. The molecule has 0 heterocycles. The SMILES string of the molecule is Cc1ccc(OP(=O)([O-])C(=O)OP(=O)([O-])O)cc1.[Na+].[Na+]. The molecule has 0 aliphatic rings. The molecule has 2 unspecified atom stereocenters. The Hall–Kier alpha value is 0.830. The molecular weight excluding hydrogens is 332 g/mol. The first-order valence-electron chi connectivity index (χ1n) is 4.45. The first-order chi connectivity index (χ1) is 8.10. The summed E-state index contributed by atoms with van der Waals surface area (Å²) in [7, 11) is -10.7. The summed E-state index contributed by atoms with van der Waals surface area (Å²) in [6.45, 7) is 1.74. The van der Waals surface area contributed by atoms with E-state index in [4.69, 9.17) is 4.89 Å². The predicted octanol–water partition coefficient (Wildman–Crippen LogP) is -5.47. The maximum Gasteiger partial charge on any atom is 1.00 e. The summed E-state index contributed by atoms with van der Waals surface area (Å²) >= 11 is 0. The topological polar surface area (TPSA) is 136 Å². The summed E-state index contributed by atoms with van der Waals surface area (Å²) in [5, 5.41) is 0. The zero-order valence-corrected chi connectivity index (χ0v) is 16.8. The van der Waals surface area contributed by atoms with Crippen LogP contribution in [0.15, 0.2) is 24.3 Å². The standard InChI is InChI=1S/C8H10O8P2.2Na/c1-6-2-4-7(5-3-6)15-17(10,11)8(9)16-18(12,13)14;;/h2-5H,1H3,(H,10,11)(H2,12,13,14);;/q;2*+1/p-2. The van der Waals surface area contributed by atoms with Gasteiger partial charge >= 0.3 is 72.6 Å². The fourth-order valence-electron chi connectivity index (χ4n) is 0.924. The van der Waals surface area contributed by atoms with E-state index in [1.807, 2.05) is 0 Å². The van der Waals surface area contributed by atoms with Gasteiger partial charge in [0.15, 0.2) is 0 Å². The largest absolute Gasteiger partial charge is 1.00 e. The van der Waals surface area contributed by atoms with Gasteiger partial charge in [-0.1, -0.05) is 17.7 Å². The van der Waals surface area contributed by atoms with Gasteiger partial charge in [0.25, 0.3) is 7.60 Å². The number of hydrogen-bond donors (Lipinski definition) is 1. The first kappa shape index (κ1) is 23.1. The Morgan fingerprint density at radius 2 is 1.60 bits per heavy atom. The maximum atomic E-state index is 11.2. The van der Waals surface area contributed by atoms with E-state index in [9.17, 15) is 23.7 Å². The average Bonchev–Trinajstić information content (AvgIpc) is 2.18. The Morgan fingerprint density at radius 1 is 1.15 bits per heavy atom. The Balaban J connectivity index is 0. The molecular formula is C8H8Na2O8P2. The Bertz CT molecular complexity index is 540. The summed E-state index contributed by atoms with van der Waals surface area (Å²) in [4.78, 5) is 40.5. The van der Waals surface area contributed by atoms with E-state index in [1.165, 1.54) is 24.3 Å². The van der Waals surface area contributed by atoms with E-state index in [0.29, 0.717) is 0 Å². The van der Waals surface area contributed by atoms with Gasteiger partial charge < -0.3 is 23.7 Å². The molecule has 0 saturated carbocycles. The molecule has 1 aromatic carbocycles. The van der Waals surface area contributed by atoms with E-state index in [1.54, 1.807) is 6.92 Å². The minimum atomic E-state index is -5.48. The number of carbonyl (C=O) groups excluding carboxylic acids is 1. The average molecular weight is 340 g/mol. The molecule has 0 aromatic heterocycles. The van der Waals surface area contributed by atoms with Gasteiger partial charge in [-0.2, -0.15) is 0 Å². The van der Waals surface area contributed by atoms with E-state index in [0.717, 1.165) is 5.56 Å². The second-order valence-corrected chi connectivity index (χ2v) is 5.89. The molecule has 0 fully saturated rings. The van der Waals surface area contributed by atoms with Gasteiger partial charge in [-0.25, -0.2) is 4.79 Å². The summed E-state index contributed by atoms with van der Waals surface area (Å²) in [5.74, 6) is -0.186. The van der Waals surface area contributed by atoms with Crippen molar-refractivity contribution in [3.8, 4) is 5.75 Å². The van der Waals surface area contributed by atoms with Gasteiger partial charge in [0.05, 0.1) is 0 Å². The number of hydrogen-bond acceptors (Lipinski definition) is 7. The number of phosphoric acid groups is 1. The molecule has 2 atom stereocenters. The predicted molar refractivity (Wildman–Crippen MR) is 55.7 cm³/mol. The third kappa shape index (κ3) is 8.32. The van der Waals surface area contributed by atoms with E-state index in [-0.39, 0.29) is 64.9 Å². The van der Waals surface area contributed by atoms with Crippen LogP contribution in [0.4, 0.5) is 4.79 Å². The van der Waals surface area contributed by atoms with Crippen molar-refractivity contribution < 1.29 is 96.8 Å². The van der Waals surface area contributed by atoms with Crippen molar-refractivity contribution in [3.05, 3.63) is 29.8 Å². The monoisotopic (exact) mass is 340 g/mol. The minimum absolute atomic E-state index is 0. The molecule has 20 heavy (non-hydrogen) atoms. The van der Waals surface area contributed by atoms with Crippen molar-refractivity contribution in [1.29, 1.82) is 0 Å². The van der Waals surface area contributed by atoms with Gasteiger partial charge in [0.2, 0.25) is 0 Å². The van der Waals surface area contributed by atoms with E-state index in [2.05, 4.69) is 9.05 Å². The number of rotatable bonds is 4. The Morgan fingerprint density at radius 3 is 2.00 bits per heavy atom. The van der Waals surface area contributed by atoms with Crippen molar-refractivity contribution in [2.45, 2.75) is 6.92 Å². The molecule has 0 aliphatic carbocycles. The second kappa shape index (κ2) is 9.08. The molecule has 1 N–H and O–H groups in total. The van der Waals surface area contributed by atoms with Crippen LogP contribution in [0.25, 0.3) is 0 Å². The number of carbonyl (C=O) groups is 1. The normalized spacial score (nSPS) is 15.6. The van der Waals surface area contributed by atoms with Gasteiger partial charge in [0.1, 0.15) is 5.75 Å². The van der Waals surface area contributed by atoms with Crippen LogP contribution in [0.3, 0.4) is 0 Å². The first-order valence-corrected chi connectivity index (χ1v) is 7.49. The van der Waals surface area contributed by atoms with Crippen molar-refractivity contribution in [3.63, 3.8) is 0 Å². The molecule has 0 radical (unpaired) electrons. The smallest absolute Gasteiger partial charge is 0.761 e. The number of benzene rings is 1. The zero-order valence-electron chi connectivity index (χ0n) is 11.0. The van der Waals surface area contributed by atoms with Crippen LogP contribution >= 0.6 is 15.4 Å². The molecule has 12 heteroatoms. The van der Waals surface area contributed by atoms with Crippen LogP contribution in [0.1, 0.15) is 5.56 Å². The quantitative estimate of drug-likeness (QED) is 0.424. The summed E-state index contributed by atoms with van der Waals surface area (Å²) in [6.07, 6.45) is 0. The van der Waals surface area contributed by atoms with E-state index >= 15 is 0 Å². The van der Waals surface area contributed by atoms with Gasteiger partial charge in [-0.15, -0.1) is 0 Å². The summed E-state index contributed by atoms with van der Waals surface area (Å²) in [6, 6.07) is 5.57. The molecule has 0 bridgehead atoms. The minimum Gasteiger partial charge on any atom is -0.761 e.